The maximum atomic E-state index is 5.71. The highest BCUT2D eigenvalue weighted by Gasteiger charge is 2.25. The van der Waals surface area contributed by atoms with Crippen LogP contribution in [0, 0.1) is 0 Å². The average Bonchev–Trinajstić information content (AvgIpc) is 3.13. The number of aryl methyl sites for hydroxylation is 1. The number of hydrogen-bond acceptors (Lipinski definition) is 2. The summed E-state index contributed by atoms with van der Waals surface area (Å²) in [4.78, 5) is 10.6. The second kappa shape index (κ2) is 7.46. The number of thiocarbonyl (C=S) groups is 1. The standard InChI is InChI=1S/C21H24N4S/c1-2-15-8-3-4-10-17(15)24-21(26)25-13-7-9-16(14-25)20-22-18-11-5-6-12-19(18)23-20/h3-6,8,10-12,16H,2,7,9,13-14H2,1H3,(H,22,23)(H,24,26)/t16-/m1/s1. The van der Waals surface area contributed by atoms with E-state index in [1.807, 2.05) is 12.1 Å². The largest absolute Gasteiger partial charge is 0.348 e. The molecular formula is C21H24N4S. The number of nitrogens with one attached hydrogen (secondary N) is 2. The molecule has 1 saturated heterocycles. The number of aromatic nitrogens is 2. The van der Waals surface area contributed by atoms with Crippen molar-refractivity contribution in [3.05, 3.63) is 59.9 Å². The summed E-state index contributed by atoms with van der Waals surface area (Å²) in [6, 6.07) is 16.6. The normalized spacial score (nSPS) is 17.4. The summed E-state index contributed by atoms with van der Waals surface area (Å²) in [6.07, 6.45) is 3.26. The van der Waals surface area contributed by atoms with Gasteiger partial charge in [-0.2, -0.15) is 0 Å². The summed E-state index contributed by atoms with van der Waals surface area (Å²) < 4.78 is 0. The second-order valence-corrected chi connectivity index (χ2v) is 7.25. The van der Waals surface area contributed by atoms with E-state index in [0.29, 0.717) is 5.92 Å². The summed E-state index contributed by atoms with van der Waals surface area (Å²) in [7, 11) is 0. The van der Waals surface area contributed by atoms with Crippen LogP contribution in [0.15, 0.2) is 48.5 Å². The van der Waals surface area contributed by atoms with Crippen LogP contribution in [-0.4, -0.2) is 33.1 Å². The number of H-pyrrole nitrogens is 1. The number of rotatable bonds is 3. The number of likely N-dealkylation sites (tertiary alicyclic amines) is 1. The molecule has 0 saturated carbocycles. The van der Waals surface area contributed by atoms with Crippen LogP contribution in [0.3, 0.4) is 0 Å². The van der Waals surface area contributed by atoms with Gasteiger partial charge in [-0.3, -0.25) is 0 Å². The van der Waals surface area contributed by atoms with Gasteiger partial charge in [0, 0.05) is 24.7 Å². The van der Waals surface area contributed by atoms with E-state index in [0.717, 1.165) is 60.0 Å². The first-order valence-electron chi connectivity index (χ1n) is 9.33. The van der Waals surface area contributed by atoms with Gasteiger partial charge in [-0.15, -0.1) is 0 Å². The Hall–Kier alpha value is -2.40. The summed E-state index contributed by atoms with van der Waals surface area (Å²) in [5.74, 6) is 1.46. The first-order valence-corrected chi connectivity index (χ1v) is 9.74. The Morgan fingerprint density at radius 2 is 2.04 bits per heavy atom. The van der Waals surface area contributed by atoms with E-state index in [4.69, 9.17) is 17.2 Å². The summed E-state index contributed by atoms with van der Waals surface area (Å²) in [5.41, 5.74) is 4.56. The van der Waals surface area contributed by atoms with E-state index in [1.54, 1.807) is 0 Å². The predicted molar refractivity (Wildman–Crippen MR) is 112 cm³/mol. The van der Waals surface area contributed by atoms with E-state index in [-0.39, 0.29) is 0 Å². The molecule has 5 heteroatoms. The zero-order valence-electron chi connectivity index (χ0n) is 15.0. The number of para-hydroxylation sites is 3. The lowest BCUT2D eigenvalue weighted by Crippen LogP contribution is -2.41. The third kappa shape index (κ3) is 3.44. The van der Waals surface area contributed by atoms with Crippen molar-refractivity contribution < 1.29 is 0 Å². The van der Waals surface area contributed by atoms with Crippen LogP contribution in [0.5, 0.6) is 0 Å². The number of aromatic amines is 1. The van der Waals surface area contributed by atoms with E-state index >= 15 is 0 Å². The van der Waals surface area contributed by atoms with E-state index < -0.39 is 0 Å². The van der Waals surface area contributed by atoms with Crippen LogP contribution in [0.1, 0.15) is 37.1 Å². The molecule has 0 amide bonds. The maximum Gasteiger partial charge on any atom is 0.173 e. The zero-order chi connectivity index (χ0) is 17.9. The third-order valence-electron chi connectivity index (χ3n) is 5.14. The molecule has 0 bridgehead atoms. The highest BCUT2D eigenvalue weighted by molar-refractivity contribution is 7.80. The minimum atomic E-state index is 0.386. The first kappa shape index (κ1) is 17.0. The quantitative estimate of drug-likeness (QED) is 0.661. The summed E-state index contributed by atoms with van der Waals surface area (Å²) in [5, 5.41) is 4.27. The van der Waals surface area contributed by atoms with Gasteiger partial charge in [-0.25, -0.2) is 4.98 Å². The molecule has 2 heterocycles. The molecule has 1 atom stereocenters. The minimum absolute atomic E-state index is 0.386. The fraction of sp³-hybridized carbons (Fsp3) is 0.333. The first-order chi connectivity index (χ1) is 12.7. The molecule has 26 heavy (non-hydrogen) atoms. The second-order valence-electron chi connectivity index (χ2n) is 6.87. The molecule has 4 nitrogen and oxygen atoms in total. The van der Waals surface area contributed by atoms with E-state index in [9.17, 15) is 0 Å². The topological polar surface area (TPSA) is 44.0 Å². The number of imidazole rings is 1. The highest BCUT2D eigenvalue weighted by atomic mass is 32.1. The fourth-order valence-corrected chi connectivity index (χ4v) is 3.97. The Labute approximate surface area is 159 Å². The van der Waals surface area contributed by atoms with Gasteiger partial charge < -0.3 is 15.2 Å². The van der Waals surface area contributed by atoms with Crippen molar-refractivity contribution in [1.82, 2.24) is 14.9 Å². The number of benzene rings is 2. The Balaban J connectivity index is 1.48. The number of nitrogens with zero attached hydrogens (tertiary/aromatic N) is 2. The molecule has 4 rings (SSSR count). The van der Waals surface area contributed by atoms with Crippen molar-refractivity contribution in [2.45, 2.75) is 32.1 Å². The lowest BCUT2D eigenvalue weighted by atomic mass is 9.98. The number of hydrogen-bond donors (Lipinski definition) is 2. The predicted octanol–water partition coefficient (Wildman–Crippen LogP) is 4.70. The minimum Gasteiger partial charge on any atom is -0.348 e. The van der Waals surface area contributed by atoms with Gasteiger partial charge in [0.1, 0.15) is 5.82 Å². The van der Waals surface area contributed by atoms with Crippen molar-refractivity contribution in [3.8, 4) is 0 Å². The average molecular weight is 365 g/mol. The van der Waals surface area contributed by atoms with Gasteiger partial charge in [0.25, 0.3) is 0 Å². The number of piperidine rings is 1. The molecule has 0 unspecified atom stereocenters. The zero-order valence-corrected chi connectivity index (χ0v) is 15.9. The maximum absolute atomic E-state index is 5.71. The monoisotopic (exact) mass is 364 g/mol. The fourth-order valence-electron chi connectivity index (χ4n) is 3.70. The Bertz CT molecular complexity index is 884. The lowest BCUT2D eigenvalue weighted by Gasteiger charge is -2.34. The molecule has 0 aliphatic carbocycles. The van der Waals surface area contributed by atoms with E-state index in [1.165, 1.54) is 5.56 Å². The van der Waals surface area contributed by atoms with Crippen molar-refractivity contribution in [2.75, 3.05) is 18.4 Å². The van der Waals surface area contributed by atoms with Crippen molar-refractivity contribution >= 4 is 34.1 Å². The molecule has 1 fully saturated rings. The molecular weight excluding hydrogens is 340 g/mol. The molecule has 1 aromatic heterocycles. The third-order valence-corrected chi connectivity index (χ3v) is 5.50. The lowest BCUT2D eigenvalue weighted by molar-refractivity contribution is 0.307. The van der Waals surface area contributed by atoms with Crippen LogP contribution < -0.4 is 5.32 Å². The molecule has 2 aromatic carbocycles. The van der Waals surface area contributed by atoms with Crippen LogP contribution >= 0.6 is 12.2 Å². The van der Waals surface area contributed by atoms with Gasteiger partial charge >= 0.3 is 0 Å². The van der Waals surface area contributed by atoms with Gasteiger partial charge in [0.2, 0.25) is 0 Å². The molecule has 1 aliphatic heterocycles. The van der Waals surface area contributed by atoms with Crippen molar-refractivity contribution in [3.63, 3.8) is 0 Å². The van der Waals surface area contributed by atoms with E-state index in [2.05, 4.69) is 58.5 Å². The number of anilines is 1. The van der Waals surface area contributed by atoms with Crippen LogP contribution in [0.2, 0.25) is 0 Å². The summed E-state index contributed by atoms with van der Waals surface area (Å²) >= 11 is 5.71. The van der Waals surface area contributed by atoms with Crippen LogP contribution in [0.25, 0.3) is 11.0 Å². The molecule has 1 aliphatic rings. The summed E-state index contributed by atoms with van der Waals surface area (Å²) in [6.45, 7) is 4.07. The SMILES string of the molecule is CCc1ccccc1NC(=S)N1CCC[C@@H](c2nc3ccccc3[nH]2)C1. The molecule has 0 radical (unpaired) electrons. The smallest absolute Gasteiger partial charge is 0.173 e. The molecule has 0 spiro atoms. The molecule has 134 valence electrons. The van der Waals surface area contributed by atoms with Crippen molar-refractivity contribution in [2.24, 2.45) is 0 Å². The molecule has 2 N–H and O–H groups in total. The van der Waals surface area contributed by atoms with Gasteiger partial charge in [0.05, 0.1) is 11.0 Å². The van der Waals surface area contributed by atoms with Crippen molar-refractivity contribution in [1.29, 1.82) is 0 Å². The Morgan fingerprint density at radius 3 is 2.88 bits per heavy atom. The Kier molecular flexibility index (Phi) is 4.89. The van der Waals surface area contributed by atoms with Crippen LogP contribution in [0.4, 0.5) is 5.69 Å². The Morgan fingerprint density at radius 1 is 1.23 bits per heavy atom. The molecule has 3 aromatic rings. The van der Waals surface area contributed by atoms with Crippen LogP contribution in [-0.2, 0) is 6.42 Å². The van der Waals surface area contributed by atoms with Gasteiger partial charge in [-0.1, -0.05) is 37.3 Å². The van der Waals surface area contributed by atoms with Gasteiger partial charge in [-0.05, 0) is 55.2 Å². The highest BCUT2D eigenvalue weighted by Crippen LogP contribution is 2.27. The number of fused-ring (bicyclic) bond motifs is 1. The van der Waals surface area contributed by atoms with Gasteiger partial charge in [0.15, 0.2) is 5.11 Å².